The van der Waals surface area contributed by atoms with Gasteiger partial charge < -0.3 is 5.73 Å². The largest absolute Gasteiger partial charge is 0.326 e. The fraction of sp³-hybridized carbons (Fsp3) is 0.400. The third kappa shape index (κ3) is 4.03. The van der Waals surface area contributed by atoms with Crippen LogP contribution in [-0.2, 0) is 19.4 Å². The highest BCUT2D eigenvalue weighted by Gasteiger charge is 2.11. The second-order valence-electron chi connectivity index (χ2n) is 5.08. The maximum absolute atomic E-state index is 5.89. The topological polar surface area (TPSA) is 38.9 Å². The van der Waals surface area contributed by atoms with Crippen molar-refractivity contribution in [2.45, 2.75) is 33.2 Å². The van der Waals surface area contributed by atoms with E-state index in [1.165, 1.54) is 16.1 Å². The molecule has 0 amide bonds. The Morgan fingerprint density at radius 1 is 1.26 bits per heavy atom. The van der Waals surface area contributed by atoms with Gasteiger partial charge in [-0.05, 0) is 30.0 Å². The lowest BCUT2D eigenvalue weighted by molar-refractivity contribution is 0.632. The van der Waals surface area contributed by atoms with Gasteiger partial charge in [0.05, 0.1) is 10.7 Å². The molecule has 2 N–H and O–H groups in total. The second kappa shape index (κ2) is 6.51. The number of nitrogens with zero attached hydrogens (tertiary/aromatic N) is 1. The van der Waals surface area contributed by atoms with Crippen LogP contribution in [0, 0.1) is 5.92 Å². The van der Waals surface area contributed by atoms with Gasteiger partial charge >= 0.3 is 0 Å². The molecule has 1 aromatic heterocycles. The van der Waals surface area contributed by atoms with Crippen LogP contribution >= 0.6 is 22.9 Å². The number of aromatic nitrogens is 1. The summed E-state index contributed by atoms with van der Waals surface area (Å²) < 4.78 is 0. The Labute approximate surface area is 123 Å². The van der Waals surface area contributed by atoms with E-state index in [1.54, 1.807) is 11.3 Å². The molecule has 0 aliphatic rings. The molecule has 0 saturated heterocycles. The van der Waals surface area contributed by atoms with Crippen molar-refractivity contribution in [3.8, 4) is 0 Å². The molecule has 1 heterocycles. The van der Waals surface area contributed by atoms with E-state index in [0.29, 0.717) is 12.5 Å². The standard InChI is InChI=1S/C15H19ClN2S/c1-10(2)7-13-14(9-17)19-15(18-13)8-11-3-5-12(16)6-4-11/h3-6,10H,7-9,17H2,1-2H3. The summed E-state index contributed by atoms with van der Waals surface area (Å²) >= 11 is 7.63. The average Bonchev–Trinajstić information content (AvgIpc) is 2.73. The van der Waals surface area contributed by atoms with Gasteiger partial charge in [-0.25, -0.2) is 4.98 Å². The predicted molar refractivity (Wildman–Crippen MR) is 82.8 cm³/mol. The van der Waals surface area contributed by atoms with Gasteiger partial charge in [0.15, 0.2) is 0 Å². The van der Waals surface area contributed by atoms with Crippen LogP contribution < -0.4 is 5.73 Å². The minimum Gasteiger partial charge on any atom is -0.326 e. The summed E-state index contributed by atoms with van der Waals surface area (Å²) in [5, 5.41) is 1.91. The molecule has 0 saturated carbocycles. The monoisotopic (exact) mass is 294 g/mol. The lowest BCUT2D eigenvalue weighted by atomic mass is 10.1. The van der Waals surface area contributed by atoms with Crippen LogP contribution in [0.3, 0.4) is 0 Å². The predicted octanol–water partition coefficient (Wildman–Crippen LogP) is 4.04. The molecule has 1 aromatic carbocycles. The van der Waals surface area contributed by atoms with E-state index in [9.17, 15) is 0 Å². The molecule has 2 nitrogen and oxygen atoms in total. The molecule has 0 unspecified atom stereocenters. The zero-order chi connectivity index (χ0) is 13.8. The Bertz CT molecular complexity index is 532. The molecule has 0 atom stereocenters. The molecule has 0 radical (unpaired) electrons. The molecule has 4 heteroatoms. The van der Waals surface area contributed by atoms with Gasteiger partial charge in [-0.15, -0.1) is 11.3 Å². The molecule has 2 rings (SSSR count). The minimum atomic E-state index is 0.584. The van der Waals surface area contributed by atoms with Crippen molar-refractivity contribution in [3.63, 3.8) is 0 Å². The van der Waals surface area contributed by atoms with Gasteiger partial charge in [-0.1, -0.05) is 37.6 Å². The summed E-state index contributed by atoms with van der Waals surface area (Å²) in [6.45, 7) is 5.00. The van der Waals surface area contributed by atoms with E-state index < -0.39 is 0 Å². The van der Waals surface area contributed by atoms with Crippen LogP contribution in [0.5, 0.6) is 0 Å². The van der Waals surface area contributed by atoms with Crippen molar-refractivity contribution >= 4 is 22.9 Å². The second-order valence-corrected chi connectivity index (χ2v) is 6.69. The molecule has 19 heavy (non-hydrogen) atoms. The first-order chi connectivity index (χ1) is 9.08. The van der Waals surface area contributed by atoms with E-state index in [2.05, 4.69) is 13.8 Å². The third-order valence-corrected chi connectivity index (χ3v) is 4.25. The molecule has 102 valence electrons. The molecule has 0 fully saturated rings. The number of nitrogens with two attached hydrogens (primary N) is 1. The van der Waals surface area contributed by atoms with Crippen molar-refractivity contribution in [1.82, 2.24) is 4.98 Å². The van der Waals surface area contributed by atoms with E-state index in [0.717, 1.165) is 22.9 Å². The first-order valence-corrected chi connectivity index (χ1v) is 7.70. The Balaban J connectivity index is 2.16. The van der Waals surface area contributed by atoms with E-state index in [-0.39, 0.29) is 0 Å². The zero-order valence-corrected chi connectivity index (χ0v) is 12.9. The van der Waals surface area contributed by atoms with Gasteiger partial charge in [0.2, 0.25) is 0 Å². The van der Waals surface area contributed by atoms with Crippen LogP contribution in [0.25, 0.3) is 0 Å². The van der Waals surface area contributed by atoms with Gasteiger partial charge in [-0.2, -0.15) is 0 Å². The maximum atomic E-state index is 5.89. The van der Waals surface area contributed by atoms with E-state index in [1.807, 2.05) is 24.3 Å². The van der Waals surface area contributed by atoms with Crippen LogP contribution in [0.15, 0.2) is 24.3 Å². The molecule has 2 aromatic rings. The highest BCUT2D eigenvalue weighted by molar-refractivity contribution is 7.11. The van der Waals surface area contributed by atoms with Crippen LogP contribution in [0.1, 0.15) is 35.0 Å². The van der Waals surface area contributed by atoms with Crippen molar-refractivity contribution in [1.29, 1.82) is 0 Å². The summed E-state index contributed by atoms with van der Waals surface area (Å²) in [7, 11) is 0. The Kier molecular flexibility index (Phi) is 4.97. The quantitative estimate of drug-likeness (QED) is 0.904. The summed E-state index contributed by atoms with van der Waals surface area (Å²) in [5.74, 6) is 0.607. The Hall–Kier alpha value is -0.900. The number of hydrogen-bond acceptors (Lipinski definition) is 3. The van der Waals surface area contributed by atoms with Gasteiger partial charge in [0.1, 0.15) is 0 Å². The summed E-state index contributed by atoms with van der Waals surface area (Å²) in [5.41, 5.74) is 8.21. The fourth-order valence-corrected chi connectivity index (χ4v) is 3.13. The number of thiazole rings is 1. The lowest BCUT2D eigenvalue weighted by Crippen LogP contribution is -2.02. The van der Waals surface area contributed by atoms with Crippen LogP contribution in [0.2, 0.25) is 5.02 Å². The lowest BCUT2D eigenvalue weighted by Gasteiger charge is -2.02. The normalized spacial score (nSPS) is 11.2. The van der Waals surface area contributed by atoms with Crippen LogP contribution in [-0.4, -0.2) is 4.98 Å². The summed E-state index contributed by atoms with van der Waals surface area (Å²) in [4.78, 5) is 5.96. The maximum Gasteiger partial charge on any atom is 0.0975 e. The number of rotatable bonds is 5. The zero-order valence-electron chi connectivity index (χ0n) is 11.3. The van der Waals surface area contributed by atoms with E-state index >= 15 is 0 Å². The van der Waals surface area contributed by atoms with Gasteiger partial charge in [0.25, 0.3) is 0 Å². The van der Waals surface area contributed by atoms with Crippen LogP contribution in [0.4, 0.5) is 0 Å². The summed E-state index contributed by atoms with van der Waals surface area (Å²) in [6, 6.07) is 7.94. The van der Waals surface area contributed by atoms with Gasteiger partial charge in [0, 0.05) is 22.9 Å². The number of halogens is 1. The fourth-order valence-electron chi connectivity index (χ4n) is 1.99. The number of benzene rings is 1. The first kappa shape index (κ1) is 14.5. The SMILES string of the molecule is CC(C)Cc1nc(Cc2ccc(Cl)cc2)sc1CN. The Morgan fingerprint density at radius 2 is 1.95 bits per heavy atom. The minimum absolute atomic E-state index is 0.584. The first-order valence-electron chi connectivity index (χ1n) is 6.50. The smallest absolute Gasteiger partial charge is 0.0975 e. The molecule has 0 bridgehead atoms. The van der Waals surface area contributed by atoms with Crippen molar-refractivity contribution < 1.29 is 0 Å². The molecular formula is C15H19ClN2S. The highest BCUT2D eigenvalue weighted by atomic mass is 35.5. The highest BCUT2D eigenvalue weighted by Crippen LogP contribution is 2.23. The Morgan fingerprint density at radius 3 is 2.53 bits per heavy atom. The van der Waals surface area contributed by atoms with Crippen molar-refractivity contribution in [2.24, 2.45) is 11.7 Å². The average molecular weight is 295 g/mol. The van der Waals surface area contributed by atoms with E-state index in [4.69, 9.17) is 22.3 Å². The molecule has 0 aliphatic heterocycles. The third-order valence-electron chi connectivity index (χ3n) is 2.88. The molecule has 0 spiro atoms. The molecular weight excluding hydrogens is 276 g/mol. The van der Waals surface area contributed by atoms with Crippen molar-refractivity contribution in [2.75, 3.05) is 0 Å². The number of hydrogen-bond donors (Lipinski definition) is 1. The van der Waals surface area contributed by atoms with Gasteiger partial charge in [-0.3, -0.25) is 0 Å². The van der Waals surface area contributed by atoms with Crippen molar-refractivity contribution in [3.05, 3.63) is 50.4 Å². The summed E-state index contributed by atoms with van der Waals surface area (Å²) in [6.07, 6.45) is 1.86. The molecule has 0 aliphatic carbocycles.